The lowest BCUT2D eigenvalue weighted by atomic mass is 9.85. The molecule has 2 aromatic heterocycles. The first-order valence-electron chi connectivity index (χ1n) is 15.1. The van der Waals surface area contributed by atoms with E-state index in [1.165, 1.54) is 48.0 Å². The highest BCUT2D eigenvalue weighted by Crippen LogP contribution is 2.43. The van der Waals surface area contributed by atoms with Crippen molar-refractivity contribution in [3.63, 3.8) is 0 Å². The average Bonchev–Trinajstić information content (AvgIpc) is 3.63. The van der Waals surface area contributed by atoms with Crippen molar-refractivity contribution in [2.45, 2.75) is 26.2 Å². The molecule has 8 rings (SSSR count). The Kier molecular flexibility index (Phi) is 6.25. The van der Waals surface area contributed by atoms with Crippen LogP contribution in [0, 0.1) is 0 Å². The maximum atomic E-state index is 5.25. The first-order valence-corrected chi connectivity index (χ1v) is 16.0. The van der Waals surface area contributed by atoms with Gasteiger partial charge in [-0.15, -0.1) is 11.3 Å². The van der Waals surface area contributed by atoms with Gasteiger partial charge in [0.05, 0.1) is 11.0 Å². The molecule has 0 amide bonds. The number of rotatable bonds is 4. The number of thiophene rings is 1. The Hall–Kier alpha value is -4.99. The van der Waals surface area contributed by atoms with Crippen LogP contribution in [0.5, 0.6) is 0 Å². The third-order valence-corrected chi connectivity index (χ3v) is 9.83. The summed E-state index contributed by atoms with van der Waals surface area (Å²) < 4.78 is 4.94. The number of hydrogen-bond acceptors (Lipinski definition) is 2. The first kappa shape index (κ1) is 26.6. The third kappa shape index (κ3) is 4.44. The second kappa shape index (κ2) is 10.3. The summed E-state index contributed by atoms with van der Waals surface area (Å²) in [5, 5.41) is 2.63. The molecular formula is C41H32N2S. The van der Waals surface area contributed by atoms with Crippen molar-refractivity contribution in [3.05, 3.63) is 145 Å². The number of imidazole rings is 1. The zero-order valence-electron chi connectivity index (χ0n) is 25.1. The maximum Gasteiger partial charge on any atom is 0.146 e. The average molecular weight is 585 g/mol. The Labute approximate surface area is 261 Å². The molecule has 44 heavy (non-hydrogen) atoms. The molecule has 0 unspecified atom stereocenters. The van der Waals surface area contributed by atoms with Gasteiger partial charge in [-0.1, -0.05) is 118 Å². The molecule has 0 aliphatic heterocycles. The van der Waals surface area contributed by atoms with Crippen molar-refractivity contribution in [3.8, 4) is 39.3 Å². The molecule has 0 fully saturated rings. The number of fused-ring (bicyclic) bond motifs is 4. The van der Waals surface area contributed by atoms with Crippen LogP contribution >= 0.6 is 11.3 Å². The van der Waals surface area contributed by atoms with Gasteiger partial charge in [-0.2, -0.15) is 0 Å². The first-order chi connectivity index (χ1) is 21.5. The minimum Gasteiger partial charge on any atom is -0.292 e. The monoisotopic (exact) mass is 584 g/mol. The molecule has 8 aromatic rings. The van der Waals surface area contributed by atoms with E-state index in [0.29, 0.717) is 0 Å². The van der Waals surface area contributed by atoms with Gasteiger partial charge in [0.25, 0.3) is 0 Å². The highest BCUT2D eigenvalue weighted by atomic mass is 32.1. The van der Waals surface area contributed by atoms with Crippen molar-refractivity contribution in [1.82, 2.24) is 9.55 Å². The number of aromatic nitrogens is 2. The fourth-order valence-corrected chi connectivity index (χ4v) is 7.55. The summed E-state index contributed by atoms with van der Waals surface area (Å²) in [6, 6.07) is 50.4. The third-order valence-electron chi connectivity index (χ3n) is 8.61. The summed E-state index contributed by atoms with van der Waals surface area (Å²) >= 11 is 1.88. The normalized spacial score (nSPS) is 12.0. The molecule has 212 valence electrons. The van der Waals surface area contributed by atoms with Gasteiger partial charge in [0.15, 0.2) is 0 Å². The zero-order valence-corrected chi connectivity index (χ0v) is 25.9. The molecule has 0 N–H and O–H groups in total. The van der Waals surface area contributed by atoms with Crippen molar-refractivity contribution in [1.29, 1.82) is 0 Å². The molecule has 2 nitrogen and oxygen atoms in total. The second-order valence-corrected chi connectivity index (χ2v) is 13.5. The van der Waals surface area contributed by atoms with E-state index < -0.39 is 0 Å². The Morgan fingerprint density at radius 2 is 1.27 bits per heavy atom. The minimum atomic E-state index is 0.0846. The lowest BCUT2D eigenvalue weighted by molar-refractivity contribution is 0.590. The second-order valence-electron chi connectivity index (χ2n) is 12.5. The van der Waals surface area contributed by atoms with E-state index in [-0.39, 0.29) is 5.41 Å². The Morgan fingerprint density at radius 3 is 2.09 bits per heavy atom. The van der Waals surface area contributed by atoms with E-state index in [1.807, 2.05) is 11.3 Å². The van der Waals surface area contributed by atoms with Gasteiger partial charge in [0.1, 0.15) is 5.82 Å². The topological polar surface area (TPSA) is 17.8 Å². The highest BCUT2D eigenvalue weighted by molar-refractivity contribution is 7.26. The molecule has 3 heteroatoms. The quantitative estimate of drug-likeness (QED) is 0.201. The lowest BCUT2D eigenvalue weighted by Crippen LogP contribution is -2.10. The van der Waals surface area contributed by atoms with Crippen LogP contribution in [-0.4, -0.2) is 9.55 Å². The van der Waals surface area contributed by atoms with Crippen LogP contribution in [0.3, 0.4) is 0 Å². The predicted molar refractivity (Wildman–Crippen MR) is 189 cm³/mol. The Morgan fingerprint density at radius 1 is 0.568 bits per heavy atom. The Bertz CT molecular complexity index is 2300. The van der Waals surface area contributed by atoms with Crippen molar-refractivity contribution < 1.29 is 0 Å². The summed E-state index contributed by atoms with van der Waals surface area (Å²) in [5.41, 5.74) is 10.5. The standard InChI is InChI=1S/C41H32N2S/c1-41(2,3)29-23-20-27(21-24-29)35-26-28(31-15-11-16-33-32-14-7-10-19-38(32)44-39(31)33)22-25-34(35)40-42-36-17-8-9-18-37(36)43(40)30-12-5-4-6-13-30/h4-26H,1-3H3. The van der Waals surface area contributed by atoms with E-state index >= 15 is 0 Å². The van der Waals surface area contributed by atoms with Gasteiger partial charge in [0.2, 0.25) is 0 Å². The van der Waals surface area contributed by atoms with Crippen LogP contribution in [0.2, 0.25) is 0 Å². The fourth-order valence-electron chi connectivity index (χ4n) is 6.31. The van der Waals surface area contributed by atoms with Gasteiger partial charge in [-0.05, 0) is 75.7 Å². The van der Waals surface area contributed by atoms with Crippen LogP contribution in [0.1, 0.15) is 26.3 Å². The van der Waals surface area contributed by atoms with Crippen molar-refractivity contribution in [2.24, 2.45) is 0 Å². The van der Waals surface area contributed by atoms with Crippen molar-refractivity contribution >= 4 is 42.5 Å². The van der Waals surface area contributed by atoms with E-state index in [2.05, 4.69) is 165 Å². The van der Waals surface area contributed by atoms with Crippen LogP contribution in [0.4, 0.5) is 0 Å². The summed E-state index contributed by atoms with van der Waals surface area (Å²) in [4.78, 5) is 5.25. The summed E-state index contributed by atoms with van der Waals surface area (Å²) in [6.07, 6.45) is 0. The van der Waals surface area contributed by atoms with Crippen molar-refractivity contribution in [2.75, 3.05) is 0 Å². The van der Waals surface area contributed by atoms with Crippen LogP contribution in [0.15, 0.2) is 140 Å². The maximum absolute atomic E-state index is 5.25. The molecule has 0 saturated carbocycles. The molecule has 0 saturated heterocycles. The number of nitrogens with zero attached hydrogens (tertiary/aromatic N) is 2. The number of hydrogen-bond donors (Lipinski definition) is 0. The van der Waals surface area contributed by atoms with Crippen LogP contribution < -0.4 is 0 Å². The molecule has 0 atom stereocenters. The largest absolute Gasteiger partial charge is 0.292 e. The van der Waals surface area contributed by atoms with Crippen LogP contribution in [0.25, 0.3) is 70.5 Å². The Balaban J connectivity index is 1.40. The van der Waals surface area contributed by atoms with Gasteiger partial charge in [0, 0.05) is 31.4 Å². The number of para-hydroxylation sites is 3. The molecule has 0 bridgehead atoms. The molecule has 0 radical (unpaired) electrons. The summed E-state index contributed by atoms with van der Waals surface area (Å²) in [6.45, 7) is 6.80. The zero-order chi connectivity index (χ0) is 29.8. The van der Waals surface area contributed by atoms with Gasteiger partial charge < -0.3 is 0 Å². The molecule has 2 heterocycles. The molecule has 0 spiro atoms. The number of benzene rings is 6. The fraction of sp³-hybridized carbons (Fsp3) is 0.0976. The van der Waals surface area contributed by atoms with E-state index in [1.54, 1.807) is 0 Å². The van der Waals surface area contributed by atoms with E-state index in [4.69, 9.17) is 4.98 Å². The van der Waals surface area contributed by atoms with E-state index in [0.717, 1.165) is 28.1 Å². The highest BCUT2D eigenvalue weighted by Gasteiger charge is 2.20. The SMILES string of the molecule is CC(C)(C)c1ccc(-c2cc(-c3cccc4c3sc3ccccc34)ccc2-c2nc3ccccc3n2-c2ccccc2)cc1. The van der Waals surface area contributed by atoms with Crippen LogP contribution in [-0.2, 0) is 5.41 Å². The van der Waals surface area contributed by atoms with E-state index in [9.17, 15) is 0 Å². The predicted octanol–water partition coefficient (Wildman–Crippen LogP) is 11.7. The van der Waals surface area contributed by atoms with Gasteiger partial charge in [-0.3, -0.25) is 4.57 Å². The lowest BCUT2D eigenvalue weighted by Gasteiger charge is -2.20. The molecule has 0 aliphatic carbocycles. The smallest absolute Gasteiger partial charge is 0.146 e. The van der Waals surface area contributed by atoms with Gasteiger partial charge in [-0.25, -0.2) is 4.98 Å². The van der Waals surface area contributed by atoms with Gasteiger partial charge >= 0.3 is 0 Å². The molecule has 0 aliphatic rings. The molecule has 6 aromatic carbocycles. The summed E-state index contributed by atoms with van der Waals surface area (Å²) in [7, 11) is 0. The minimum absolute atomic E-state index is 0.0846. The molecular weight excluding hydrogens is 553 g/mol. The summed E-state index contributed by atoms with van der Waals surface area (Å²) in [5.74, 6) is 0.943.